The van der Waals surface area contributed by atoms with E-state index in [1.165, 1.54) is 0 Å². The Kier molecular flexibility index (Phi) is 4.37. The molecule has 1 N–H and O–H groups in total. The lowest BCUT2D eigenvalue weighted by Gasteiger charge is -2.08. The number of nitrogens with zero attached hydrogens (tertiary/aromatic N) is 1. The van der Waals surface area contributed by atoms with Crippen molar-refractivity contribution in [2.75, 3.05) is 5.32 Å². The molecule has 0 aliphatic heterocycles. The topological polar surface area (TPSA) is 51.2 Å². The number of aryl methyl sites for hydroxylation is 1. The third-order valence-corrected chi connectivity index (χ3v) is 4.76. The molecule has 0 fully saturated rings. The van der Waals surface area contributed by atoms with Gasteiger partial charge in [-0.05, 0) is 55.5 Å². The smallest absolute Gasteiger partial charge is 0.255 e. The number of carbonyl (C=O) groups excluding carboxylic acids is 1. The van der Waals surface area contributed by atoms with E-state index >= 15 is 0 Å². The molecule has 4 nitrogen and oxygen atoms in total. The van der Waals surface area contributed by atoms with Gasteiger partial charge in [0.25, 0.3) is 5.91 Å². The molecule has 1 aromatic heterocycles. The molecule has 0 saturated heterocycles. The van der Waals surface area contributed by atoms with Crippen molar-refractivity contribution in [2.45, 2.75) is 6.92 Å². The molecule has 1 heterocycles. The number of benzene rings is 3. The molecular weight excluding hydrogens is 344 g/mol. The number of aromatic nitrogens is 1. The fourth-order valence-electron chi connectivity index (χ4n) is 2.65. The van der Waals surface area contributed by atoms with Crippen LogP contribution in [0.25, 0.3) is 10.2 Å². The number of hydrogen-bond donors (Lipinski definition) is 1. The summed E-state index contributed by atoms with van der Waals surface area (Å²) in [6.07, 6.45) is 0. The second-order valence-corrected chi connectivity index (χ2v) is 7.05. The second-order valence-electron chi connectivity index (χ2n) is 5.81. The minimum atomic E-state index is -0.177. The number of anilines is 1. The summed E-state index contributed by atoms with van der Waals surface area (Å²) in [5.41, 5.74) is 2.24. The highest BCUT2D eigenvalue weighted by atomic mass is 32.1. The van der Waals surface area contributed by atoms with Crippen molar-refractivity contribution >= 4 is 33.1 Å². The van der Waals surface area contributed by atoms with Crippen LogP contribution in [0, 0.1) is 6.92 Å². The van der Waals surface area contributed by atoms with Crippen molar-refractivity contribution in [2.24, 2.45) is 0 Å². The molecular formula is C21H16N2O2S. The largest absolute Gasteiger partial charge is 0.457 e. The zero-order chi connectivity index (χ0) is 17.9. The van der Waals surface area contributed by atoms with Gasteiger partial charge in [-0.3, -0.25) is 4.79 Å². The van der Waals surface area contributed by atoms with Gasteiger partial charge in [0.05, 0.1) is 15.2 Å². The van der Waals surface area contributed by atoms with Gasteiger partial charge >= 0.3 is 0 Å². The predicted molar refractivity (Wildman–Crippen MR) is 105 cm³/mol. The first-order chi connectivity index (χ1) is 12.7. The lowest BCUT2D eigenvalue weighted by molar-refractivity contribution is 0.102. The molecule has 0 radical (unpaired) electrons. The Morgan fingerprint density at radius 1 is 0.962 bits per heavy atom. The molecule has 0 atom stereocenters. The number of amides is 1. The quantitative estimate of drug-likeness (QED) is 0.512. The number of rotatable bonds is 4. The molecule has 0 saturated carbocycles. The molecule has 128 valence electrons. The zero-order valence-corrected chi connectivity index (χ0v) is 14.9. The van der Waals surface area contributed by atoms with Gasteiger partial charge in [-0.1, -0.05) is 24.3 Å². The molecule has 0 aliphatic carbocycles. The minimum absolute atomic E-state index is 0.177. The number of hydrogen-bond acceptors (Lipinski definition) is 4. The zero-order valence-electron chi connectivity index (χ0n) is 14.1. The average molecular weight is 360 g/mol. The molecule has 3 aromatic carbocycles. The fraction of sp³-hybridized carbons (Fsp3) is 0.0476. The van der Waals surface area contributed by atoms with Crippen molar-refractivity contribution < 1.29 is 9.53 Å². The van der Waals surface area contributed by atoms with E-state index in [0.717, 1.165) is 26.7 Å². The van der Waals surface area contributed by atoms with Gasteiger partial charge in [0, 0.05) is 11.3 Å². The number of thiazole rings is 1. The average Bonchev–Trinajstić information content (AvgIpc) is 3.02. The van der Waals surface area contributed by atoms with E-state index in [4.69, 9.17) is 4.74 Å². The number of nitrogens with one attached hydrogen (secondary N) is 1. The Bertz CT molecular complexity index is 1070. The van der Waals surface area contributed by atoms with Gasteiger partial charge in [0.2, 0.25) is 0 Å². The van der Waals surface area contributed by atoms with Crippen LogP contribution in [0.2, 0.25) is 0 Å². The molecule has 0 bridgehead atoms. The van der Waals surface area contributed by atoms with Crippen LogP contribution in [0.3, 0.4) is 0 Å². The van der Waals surface area contributed by atoms with E-state index in [-0.39, 0.29) is 5.91 Å². The van der Waals surface area contributed by atoms with Crippen LogP contribution in [0.4, 0.5) is 5.69 Å². The number of carbonyl (C=O) groups is 1. The summed E-state index contributed by atoms with van der Waals surface area (Å²) in [5.74, 6) is 1.18. The highest BCUT2D eigenvalue weighted by Gasteiger charge is 2.09. The SMILES string of the molecule is Cc1nc2ccc(NC(=O)c3cccc(Oc4ccccc4)c3)cc2s1. The lowest BCUT2D eigenvalue weighted by atomic mass is 10.2. The normalized spacial score (nSPS) is 10.7. The molecule has 4 rings (SSSR count). The summed E-state index contributed by atoms with van der Waals surface area (Å²) in [7, 11) is 0. The summed E-state index contributed by atoms with van der Waals surface area (Å²) >= 11 is 1.61. The maximum absolute atomic E-state index is 12.6. The van der Waals surface area contributed by atoms with Gasteiger partial charge in [-0.25, -0.2) is 4.98 Å². The molecule has 4 aromatic rings. The van der Waals surface area contributed by atoms with Crippen molar-refractivity contribution in [1.82, 2.24) is 4.98 Å². The third kappa shape index (κ3) is 3.58. The molecule has 0 aliphatic rings. The number of ether oxygens (including phenoxy) is 1. The Labute approximate surface area is 155 Å². The van der Waals surface area contributed by atoms with E-state index in [2.05, 4.69) is 10.3 Å². The summed E-state index contributed by atoms with van der Waals surface area (Å²) in [5, 5.41) is 3.94. The van der Waals surface area contributed by atoms with Crippen molar-refractivity contribution in [3.8, 4) is 11.5 Å². The standard InChI is InChI=1S/C21H16N2O2S/c1-14-22-19-11-10-16(13-20(19)26-14)23-21(24)15-6-5-9-18(12-15)25-17-7-3-2-4-8-17/h2-13H,1H3,(H,23,24). The lowest BCUT2D eigenvalue weighted by Crippen LogP contribution is -2.11. The second kappa shape index (κ2) is 6.98. The van der Waals surface area contributed by atoms with E-state index in [0.29, 0.717) is 11.3 Å². The van der Waals surface area contributed by atoms with E-state index < -0.39 is 0 Å². The summed E-state index contributed by atoms with van der Waals surface area (Å²) in [4.78, 5) is 17.0. The van der Waals surface area contributed by atoms with Crippen LogP contribution in [0.5, 0.6) is 11.5 Å². The van der Waals surface area contributed by atoms with Crippen molar-refractivity contribution in [3.63, 3.8) is 0 Å². The Morgan fingerprint density at radius 3 is 2.62 bits per heavy atom. The third-order valence-electron chi connectivity index (χ3n) is 3.83. The maximum Gasteiger partial charge on any atom is 0.255 e. The van der Waals surface area contributed by atoms with Crippen LogP contribution in [0.1, 0.15) is 15.4 Å². The molecule has 5 heteroatoms. The molecule has 1 amide bonds. The van der Waals surface area contributed by atoms with E-state index in [9.17, 15) is 4.79 Å². The minimum Gasteiger partial charge on any atom is -0.457 e. The van der Waals surface area contributed by atoms with Gasteiger partial charge in [-0.15, -0.1) is 11.3 Å². The maximum atomic E-state index is 12.6. The monoisotopic (exact) mass is 360 g/mol. The highest BCUT2D eigenvalue weighted by Crippen LogP contribution is 2.26. The molecule has 0 spiro atoms. The van der Waals surface area contributed by atoms with Gasteiger partial charge < -0.3 is 10.1 Å². The van der Waals surface area contributed by atoms with Crippen LogP contribution in [-0.2, 0) is 0 Å². The van der Waals surface area contributed by atoms with Gasteiger partial charge in [-0.2, -0.15) is 0 Å². The number of para-hydroxylation sites is 1. The predicted octanol–water partition coefficient (Wildman–Crippen LogP) is 5.65. The highest BCUT2D eigenvalue weighted by molar-refractivity contribution is 7.18. The Morgan fingerprint density at radius 2 is 1.77 bits per heavy atom. The Balaban J connectivity index is 1.52. The van der Waals surface area contributed by atoms with Crippen LogP contribution < -0.4 is 10.1 Å². The van der Waals surface area contributed by atoms with E-state index in [1.807, 2.05) is 67.6 Å². The summed E-state index contributed by atoms with van der Waals surface area (Å²) < 4.78 is 6.85. The van der Waals surface area contributed by atoms with Gasteiger partial charge in [0.15, 0.2) is 0 Å². The number of fused-ring (bicyclic) bond motifs is 1. The summed E-state index contributed by atoms with van der Waals surface area (Å²) in [6.45, 7) is 1.97. The van der Waals surface area contributed by atoms with Crippen LogP contribution >= 0.6 is 11.3 Å². The van der Waals surface area contributed by atoms with E-state index in [1.54, 1.807) is 23.5 Å². The summed E-state index contributed by atoms with van der Waals surface area (Å²) in [6, 6.07) is 22.4. The van der Waals surface area contributed by atoms with Crippen molar-refractivity contribution in [3.05, 3.63) is 83.4 Å². The molecule has 0 unspecified atom stereocenters. The van der Waals surface area contributed by atoms with Crippen LogP contribution in [-0.4, -0.2) is 10.9 Å². The first-order valence-corrected chi connectivity index (χ1v) is 9.00. The fourth-order valence-corrected chi connectivity index (χ4v) is 3.51. The first kappa shape index (κ1) is 16.3. The Hall–Kier alpha value is -3.18. The van der Waals surface area contributed by atoms with Gasteiger partial charge in [0.1, 0.15) is 11.5 Å². The first-order valence-electron chi connectivity index (χ1n) is 8.19. The van der Waals surface area contributed by atoms with Crippen LogP contribution in [0.15, 0.2) is 72.8 Å². The van der Waals surface area contributed by atoms with Crippen molar-refractivity contribution in [1.29, 1.82) is 0 Å². The molecule has 26 heavy (non-hydrogen) atoms.